The van der Waals surface area contributed by atoms with E-state index in [2.05, 4.69) is 0 Å². The van der Waals surface area contributed by atoms with Gasteiger partial charge in [0.1, 0.15) is 11.9 Å². The fraction of sp³-hybridized carbons (Fsp3) is 0.538. The Hall–Kier alpha value is -1.06. The largest absolute Gasteiger partial charge is 0.493 e. The highest BCUT2D eigenvalue weighted by Gasteiger charge is 2.36. The molecule has 3 nitrogen and oxygen atoms in total. The lowest BCUT2D eigenvalue weighted by molar-refractivity contribution is 0.00360. The van der Waals surface area contributed by atoms with Crippen molar-refractivity contribution >= 4 is 0 Å². The summed E-state index contributed by atoms with van der Waals surface area (Å²) in [5, 5.41) is 20.1. The molecule has 2 N–H and O–H groups in total. The topological polar surface area (TPSA) is 49.7 Å². The van der Waals surface area contributed by atoms with Crippen LogP contribution in [0.5, 0.6) is 5.75 Å². The van der Waals surface area contributed by atoms with Gasteiger partial charge in [0.25, 0.3) is 0 Å². The maximum Gasteiger partial charge on any atom is 0.128 e. The van der Waals surface area contributed by atoms with Crippen LogP contribution in [0.2, 0.25) is 0 Å². The first-order chi connectivity index (χ1) is 7.77. The lowest BCUT2D eigenvalue weighted by Crippen LogP contribution is -2.20. The van der Waals surface area contributed by atoms with Crippen LogP contribution in [0, 0.1) is 5.92 Å². The van der Waals surface area contributed by atoms with Crippen LogP contribution in [-0.2, 0) is 6.42 Å². The maximum atomic E-state index is 10.1. The first-order valence-electron chi connectivity index (χ1n) is 5.88. The van der Waals surface area contributed by atoms with E-state index in [9.17, 15) is 10.2 Å². The van der Waals surface area contributed by atoms with Gasteiger partial charge in [-0.05, 0) is 24.3 Å². The summed E-state index contributed by atoms with van der Waals surface area (Å²) in [5.41, 5.74) is 1.88. The van der Waals surface area contributed by atoms with Crippen molar-refractivity contribution in [1.82, 2.24) is 0 Å². The van der Waals surface area contributed by atoms with Crippen LogP contribution in [-0.4, -0.2) is 22.9 Å². The van der Waals surface area contributed by atoms with Crippen LogP contribution >= 0.6 is 0 Å². The first-order valence-corrected chi connectivity index (χ1v) is 5.88. The Labute approximate surface area is 94.7 Å². The van der Waals surface area contributed by atoms with Crippen molar-refractivity contribution in [2.45, 2.75) is 31.5 Å². The van der Waals surface area contributed by atoms with Gasteiger partial charge in [-0.2, -0.15) is 0 Å². The molecule has 86 valence electrons. The summed E-state index contributed by atoms with van der Waals surface area (Å²) in [5.74, 6) is 1.06. The van der Waals surface area contributed by atoms with E-state index in [0.29, 0.717) is 6.61 Å². The molecule has 1 saturated carbocycles. The summed E-state index contributed by atoms with van der Waals surface area (Å²) in [4.78, 5) is 0. The molecule has 1 aliphatic carbocycles. The second kappa shape index (κ2) is 3.75. The molecular formula is C13H16O3. The van der Waals surface area contributed by atoms with Crippen LogP contribution in [0.25, 0.3) is 0 Å². The Bertz CT molecular complexity index is 398. The zero-order valence-corrected chi connectivity index (χ0v) is 9.10. The van der Waals surface area contributed by atoms with Crippen LogP contribution in [0.1, 0.15) is 30.1 Å². The molecule has 3 heteroatoms. The molecule has 0 radical (unpaired) electrons. The molecule has 0 bridgehead atoms. The van der Waals surface area contributed by atoms with E-state index in [1.165, 1.54) is 0 Å². The van der Waals surface area contributed by atoms with Crippen molar-refractivity contribution in [3.8, 4) is 5.75 Å². The van der Waals surface area contributed by atoms with E-state index in [1.54, 1.807) is 0 Å². The predicted molar refractivity (Wildman–Crippen MR) is 59.3 cm³/mol. The SMILES string of the molecule is OC(c1cccc2c1OCC2)C(O)C1CC1. The monoisotopic (exact) mass is 220 g/mol. The predicted octanol–water partition coefficient (Wildman–Crippen LogP) is 1.43. The number of hydrogen-bond donors (Lipinski definition) is 2. The summed E-state index contributed by atoms with van der Waals surface area (Å²) in [7, 11) is 0. The second-order valence-electron chi connectivity index (χ2n) is 4.71. The average Bonchev–Trinajstić information content (AvgIpc) is 3.04. The van der Waals surface area contributed by atoms with Gasteiger partial charge in [0.05, 0.1) is 12.7 Å². The highest BCUT2D eigenvalue weighted by Crippen LogP contribution is 2.41. The van der Waals surface area contributed by atoms with E-state index < -0.39 is 12.2 Å². The molecule has 1 aliphatic heterocycles. The number of aliphatic hydroxyl groups is 2. The van der Waals surface area contributed by atoms with Crippen LogP contribution < -0.4 is 4.74 Å². The van der Waals surface area contributed by atoms with Crippen molar-refractivity contribution < 1.29 is 14.9 Å². The second-order valence-corrected chi connectivity index (χ2v) is 4.71. The molecule has 2 aliphatic rings. The molecule has 1 aromatic rings. The Kier molecular flexibility index (Phi) is 2.37. The van der Waals surface area contributed by atoms with E-state index in [4.69, 9.17) is 4.74 Å². The third-order valence-corrected chi connectivity index (χ3v) is 3.49. The van der Waals surface area contributed by atoms with Crippen LogP contribution in [0.4, 0.5) is 0 Å². The number of rotatable bonds is 3. The zero-order chi connectivity index (χ0) is 11.1. The number of hydrogen-bond acceptors (Lipinski definition) is 3. The minimum absolute atomic E-state index is 0.271. The molecule has 1 aromatic carbocycles. The summed E-state index contributed by atoms with van der Waals surface area (Å²) in [6, 6.07) is 5.79. The molecule has 0 spiro atoms. The fourth-order valence-corrected chi connectivity index (χ4v) is 2.35. The third-order valence-electron chi connectivity index (χ3n) is 3.49. The molecule has 0 saturated heterocycles. The normalized spacial score (nSPS) is 22.4. The Morgan fingerprint density at radius 3 is 2.81 bits per heavy atom. The van der Waals surface area contributed by atoms with Gasteiger partial charge in [0, 0.05) is 12.0 Å². The first kappa shape index (κ1) is 10.1. The Balaban J connectivity index is 1.90. The molecule has 0 amide bonds. The van der Waals surface area contributed by atoms with Gasteiger partial charge in [-0.25, -0.2) is 0 Å². The molecule has 3 rings (SSSR count). The van der Waals surface area contributed by atoms with Crippen molar-refractivity contribution in [2.75, 3.05) is 6.61 Å². The van der Waals surface area contributed by atoms with Gasteiger partial charge >= 0.3 is 0 Å². The summed E-state index contributed by atoms with van der Waals surface area (Å²) in [6.45, 7) is 0.679. The molecule has 1 heterocycles. The van der Waals surface area contributed by atoms with Crippen molar-refractivity contribution in [2.24, 2.45) is 5.92 Å². The lowest BCUT2D eigenvalue weighted by Gasteiger charge is -2.19. The van der Waals surface area contributed by atoms with E-state index in [-0.39, 0.29) is 5.92 Å². The van der Waals surface area contributed by atoms with Gasteiger partial charge in [0.2, 0.25) is 0 Å². The fourth-order valence-electron chi connectivity index (χ4n) is 2.35. The summed E-state index contributed by atoms with van der Waals surface area (Å²) in [6.07, 6.45) is 1.49. The van der Waals surface area contributed by atoms with E-state index >= 15 is 0 Å². The van der Waals surface area contributed by atoms with Crippen molar-refractivity contribution in [3.05, 3.63) is 29.3 Å². The Morgan fingerprint density at radius 1 is 1.25 bits per heavy atom. The molecule has 16 heavy (non-hydrogen) atoms. The number of aliphatic hydroxyl groups excluding tert-OH is 2. The van der Waals surface area contributed by atoms with Gasteiger partial charge < -0.3 is 14.9 Å². The van der Waals surface area contributed by atoms with Crippen LogP contribution in [0.15, 0.2) is 18.2 Å². The maximum absolute atomic E-state index is 10.1. The average molecular weight is 220 g/mol. The molecule has 2 unspecified atom stereocenters. The summed E-state index contributed by atoms with van der Waals surface area (Å²) < 4.78 is 5.53. The highest BCUT2D eigenvalue weighted by atomic mass is 16.5. The number of para-hydroxylation sites is 1. The molecule has 2 atom stereocenters. The zero-order valence-electron chi connectivity index (χ0n) is 9.10. The van der Waals surface area contributed by atoms with Gasteiger partial charge in [-0.1, -0.05) is 18.2 Å². The smallest absolute Gasteiger partial charge is 0.128 e. The van der Waals surface area contributed by atoms with E-state index in [1.807, 2.05) is 18.2 Å². The van der Waals surface area contributed by atoms with Crippen LogP contribution in [0.3, 0.4) is 0 Å². The highest BCUT2D eigenvalue weighted by molar-refractivity contribution is 5.45. The third kappa shape index (κ3) is 1.60. The molecule has 0 aromatic heterocycles. The number of ether oxygens (including phenoxy) is 1. The molecule has 1 fully saturated rings. The minimum Gasteiger partial charge on any atom is -0.493 e. The Morgan fingerprint density at radius 2 is 2.06 bits per heavy atom. The summed E-state index contributed by atoms with van der Waals surface area (Å²) >= 11 is 0. The van der Waals surface area contributed by atoms with Crippen molar-refractivity contribution in [1.29, 1.82) is 0 Å². The minimum atomic E-state index is -0.805. The molecular weight excluding hydrogens is 204 g/mol. The standard InChI is InChI=1S/C13H16O3/c14-11(8-4-5-8)12(15)10-3-1-2-9-6-7-16-13(9)10/h1-3,8,11-12,14-15H,4-7H2. The lowest BCUT2D eigenvalue weighted by atomic mass is 9.98. The number of benzene rings is 1. The van der Waals surface area contributed by atoms with Gasteiger partial charge in [0.15, 0.2) is 0 Å². The van der Waals surface area contributed by atoms with Gasteiger partial charge in [-0.3, -0.25) is 0 Å². The number of fused-ring (bicyclic) bond motifs is 1. The van der Waals surface area contributed by atoms with E-state index in [0.717, 1.165) is 36.1 Å². The van der Waals surface area contributed by atoms with Crippen molar-refractivity contribution in [3.63, 3.8) is 0 Å². The van der Waals surface area contributed by atoms with Gasteiger partial charge in [-0.15, -0.1) is 0 Å². The quantitative estimate of drug-likeness (QED) is 0.810.